The zero-order chi connectivity index (χ0) is 26.4. The Bertz CT molecular complexity index is 1520. The van der Waals surface area contributed by atoms with Crippen molar-refractivity contribution >= 4 is 39.7 Å². The first kappa shape index (κ1) is 25.8. The quantitative estimate of drug-likeness (QED) is 0.258. The second kappa shape index (κ2) is 11.6. The van der Waals surface area contributed by atoms with Gasteiger partial charge in [0.15, 0.2) is 16.8 Å². The number of benzene rings is 1. The van der Waals surface area contributed by atoms with Crippen LogP contribution in [-0.4, -0.2) is 33.3 Å². The molecule has 0 aliphatic heterocycles. The number of rotatable bonds is 9. The minimum atomic E-state index is -0.968. The number of aliphatic hydroxyl groups is 1. The molecule has 37 heavy (non-hydrogen) atoms. The van der Waals surface area contributed by atoms with Crippen LogP contribution in [-0.2, 0) is 5.75 Å². The molecule has 9 nitrogen and oxygen atoms in total. The number of aromatic nitrogens is 3. The molecule has 0 radical (unpaired) electrons. The van der Waals surface area contributed by atoms with E-state index in [1.165, 1.54) is 35.4 Å². The van der Waals surface area contributed by atoms with Crippen molar-refractivity contribution < 1.29 is 18.6 Å². The third-order valence-electron chi connectivity index (χ3n) is 4.86. The topological polar surface area (TPSA) is 154 Å². The first-order valence-corrected chi connectivity index (χ1v) is 12.4. The van der Waals surface area contributed by atoms with Crippen LogP contribution in [0.25, 0.3) is 11.1 Å². The molecule has 4 aromatic rings. The molecule has 0 spiro atoms. The standard InChI is InChI=1S/C24H17F2N7O2S2/c25-18-3-2-14(7-19(18)26)31-24-32-15(12-37-24)11-36-23-17(9-28)21(16(8-27)22(29)33-23)13-1-4-20(30-10-13)35-6-5-34/h1-4,7,10,12,34H,5-6,11H2,(H2,29,33)(H,31,32). The lowest BCUT2D eigenvalue weighted by molar-refractivity contribution is 0.196. The van der Waals surface area contributed by atoms with E-state index in [9.17, 15) is 19.3 Å². The minimum absolute atomic E-state index is 0.0291. The molecule has 1 aromatic carbocycles. The molecule has 3 aromatic heterocycles. The lowest BCUT2D eigenvalue weighted by Gasteiger charge is -2.13. The zero-order valence-corrected chi connectivity index (χ0v) is 20.5. The van der Waals surface area contributed by atoms with Gasteiger partial charge in [0.2, 0.25) is 5.88 Å². The number of thioether (sulfide) groups is 1. The van der Waals surface area contributed by atoms with Gasteiger partial charge in [-0.2, -0.15) is 10.5 Å². The molecule has 4 N–H and O–H groups in total. The van der Waals surface area contributed by atoms with Crippen molar-refractivity contribution in [2.75, 3.05) is 24.3 Å². The van der Waals surface area contributed by atoms with E-state index in [4.69, 9.17) is 15.6 Å². The minimum Gasteiger partial charge on any atom is -0.475 e. The van der Waals surface area contributed by atoms with Crippen molar-refractivity contribution in [1.29, 1.82) is 10.5 Å². The van der Waals surface area contributed by atoms with E-state index in [0.717, 1.165) is 12.1 Å². The molecule has 0 amide bonds. The largest absolute Gasteiger partial charge is 0.475 e. The number of hydrogen-bond donors (Lipinski definition) is 3. The Morgan fingerprint density at radius 1 is 1.11 bits per heavy atom. The van der Waals surface area contributed by atoms with Crippen molar-refractivity contribution in [2.24, 2.45) is 0 Å². The molecule has 4 rings (SSSR count). The molecule has 0 fully saturated rings. The highest BCUT2D eigenvalue weighted by atomic mass is 32.2. The van der Waals surface area contributed by atoms with Gasteiger partial charge in [0, 0.05) is 46.3 Å². The molecule has 0 unspecified atom stereocenters. The van der Waals surface area contributed by atoms with Crippen LogP contribution in [0.5, 0.6) is 5.88 Å². The van der Waals surface area contributed by atoms with E-state index < -0.39 is 11.6 Å². The summed E-state index contributed by atoms with van der Waals surface area (Å²) in [6.07, 6.45) is 1.45. The van der Waals surface area contributed by atoms with Crippen LogP contribution < -0.4 is 15.8 Å². The summed E-state index contributed by atoms with van der Waals surface area (Å²) < 4.78 is 31.9. The second-order valence-corrected chi connectivity index (χ2v) is 9.12. The summed E-state index contributed by atoms with van der Waals surface area (Å²) in [6.45, 7) is -0.0831. The van der Waals surface area contributed by atoms with Crippen LogP contribution in [0.2, 0.25) is 0 Å². The Kier molecular flexibility index (Phi) is 8.10. The molecule has 0 saturated carbocycles. The second-order valence-electron chi connectivity index (χ2n) is 7.29. The fraction of sp³-hybridized carbons (Fsp3) is 0.125. The van der Waals surface area contributed by atoms with Crippen molar-refractivity contribution in [3.63, 3.8) is 0 Å². The molecular formula is C24H17F2N7O2S2. The number of pyridine rings is 2. The number of thiazole rings is 1. The van der Waals surface area contributed by atoms with Crippen molar-refractivity contribution in [2.45, 2.75) is 10.8 Å². The van der Waals surface area contributed by atoms with Gasteiger partial charge in [-0.05, 0) is 18.2 Å². The third-order valence-corrected chi connectivity index (χ3v) is 6.68. The van der Waals surface area contributed by atoms with Crippen LogP contribution >= 0.6 is 23.1 Å². The van der Waals surface area contributed by atoms with Gasteiger partial charge in [-0.25, -0.2) is 23.7 Å². The molecular weight excluding hydrogens is 520 g/mol. The van der Waals surface area contributed by atoms with E-state index in [-0.39, 0.29) is 36.0 Å². The van der Waals surface area contributed by atoms with Gasteiger partial charge in [0.1, 0.15) is 35.2 Å². The Labute approximate surface area is 218 Å². The van der Waals surface area contributed by atoms with Gasteiger partial charge in [0.05, 0.1) is 17.9 Å². The lowest BCUT2D eigenvalue weighted by Crippen LogP contribution is -2.05. The van der Waals surface area contributed by atoms with Gasteiger partial charge < -0.3 is 20.9 Å². The number of halogens is 2. The van der Waals surface area contributed by atoms with Crippen molar-refractivity contribution in [1.82, 2.24) is 15.0 Å². The highest BCUT2D eigenvalue weighted by Crippen LogP contribution is 2.37. The number of aliphatic hydroxyl groups excluding tert-OH is 1. The van der Waals surface area contributed by atoms with E-state index in [0.29, 0.717) is 38.4 Å². The monoisotopic (exact) mass is 537 g/mol. The smallest absolute Gasteiger partial charge is 0.213 e. The van der Waals surface area contributed by atoms with Crippen LogP contribution in [0.4, 0.5) is 25.4 Å². The summed E-state index contributed by atoms with van der Waals surface area (Å²) in [5.41, 5.74) is 8.07. The van der Waals surface area contributed by atoms with Crippen molar-refractivity contribution in [3.05, 3.63) is 70.4 Å². The number of nitriles is 2. The maximum absolute atomic E-state index is 13.5. The van der Waals surface area contributed by atoms with Gasteiger partial charge in [-0.15, -0.1) is 11.3 Å². The predicted octanol–water partition coefficient (Wildman–Crippen LogP) is 4.61. The number of nitrogens with one attached hydrogen (secondary N) is 1. The van der Waals surface area contributed by atoms with E-state index in [1.54, 1.807) is 17.5 Å². The first-order valence-electron chi connectivity index (χ1n) is 10.6. The molecule has 13 heteroatoms. The van der Waals surface area contributed by atoms with E-state index in [2.05, 4.69) is 26.3 Å². The van der Waals surface area contributed by atoms with Crippen LogP contribution in [0, 0.1) is 34.3 Å². The van der Waals surface area contributed by atoms with Crippen LogP contribution in [0.15, 0.2) is 46.9 Å². The predicted molar refractivity (Wildman–Crippen MR) is 135 cm³/mol. The Balaban J connectivity index is 1.57. The fourth-order valence-corrected chi connectivity index (χ4v) is 4.95. The first-order chi connectivity index (χ1) is 17.9. The number of ether oxygens (including phenoxy) is 1. The summed E-state index contributed by atoms with van der Waals surface area (Å²) >= 11 is 2.49. The van der Waals surface area contributed by atoms with E-state index in [1.807, 2.05) is 6.07 Å². The number of hydrogen-bond acceptors (Lipinski definition) is 11. The summed E-state index contributed by atoms with van der Waals surface area (Å²) in [5.74, 6) is -1.33. The number of nitrogens with two attached hydrogens (primary N) is 1. The van der Waals surface area contributed by atoms with Crippen LogP contribution in [0.1, 0.15) is 16.8 Å². The van der Waals surface area contributed by atoms with Gasteiger partial charge >= 0.3 is 0 Å². The van der Waals surface area contributed by atoms with Crippen LogP contribution in [0.3, 0.4) is 0 Å². The number of nitrogens with zero attached hydrogens (tertiary/aromatic N) is 5. The summed E-state index contributed by atoms with van der Waals surface area (Å²) in [4.78, 5) is 12.9. The van der Waals surface area contributed by atoms with Crippen molar-refractivity contribution in [3.8, 4) is 29.1 Å². The Morgan fingerprint density at radius 2 is 1.92 bits per heavy atom. The molecule has 0 bridgehead atoms. The molecule has 186 valence electrons. The Morgan fingerprint density at radius 3 is 2.59 bits per heavy atom. The average Bonchev–Trinajstić information content (AvgIpc) is 3.35. The fourth-order valence-electron chi connectivity index (χ4n) is 3.23. The molecule has 0 aliphatic rings. The number of anilines is 3. The van der Waals surface area contributed by atoms with Gasteiger partial charge in [-0.3, -0.25) is 0 Å². The Hall–Kier alpha value is -4.30. The maximum atomic E-state index is 13.5. The highest BCUT2D eigenvalue weighted by Gasteiger charge is 2.21. The lowest BCUT2D eigenvalue weighted by atomic mass is 9.98. The molecule has 0 atom stereocenters. The SMILES string of the molecule is N#Cc1c(N)nc(SCc2csc(Nc3ccc(F)c(F)c3)n2)c(C#N)c1-c1ccc(OCCO)nc1. The average molecular weight is 538 g/mol. The van der Waals surface area contributed by atoms with Gasteiger partial charge in [-0.1, -0.05) is 11.8 Å². The molecule has 3 heterocycles. The van der Waals surface area contributed by atoms with E-state index >= 15 is 0 Å². The highest BCUT2D eigenvalue weighted by molar-refractivity contribution is 7.98. The zero-order valence-electron chi connectivity index (χ0n) is 18.9. The number of nitrogen functional groups attached to an aromatic ring is 1. The maximum Gasteiger partial charge on any atom is 0.213 e. The third kappa shape index (κ3) is 5.92. The molecule has 0 aliphatic carbocycles. The summed E-state index contributed by atoms with van der Waals surface area (Å²) in [7, 11) is 0. The summed E-state index contributed by atoms with van der Waals surface area (Å²) in [5, 5.41) is 34.0. The van der Waals surface area contributed by atoms with Gasteiger partial charge in [0.25, 0.3) is 0 Å². The summed E-state index contributed by atoms with van der Waals surface area (Å²) in [6, 6.07) is 10.8. The normalized spacial score (nSPS) is 10.5. The molecule has 0 saturated heterocycles.